The molecular weight excluding hydrogens is 408 g/mol. The minimum absolute atomic E-state index is 0. The molecule has 3 rings (SSSR count). The smallest absolute Gasteiger partial charge is 0.871 e. The average Bonchev–Trinajstić information content (AvgIpc) is 2.59. The van der Waals surface area contributed by atoms with Crippen molar-refractivity contribution >= 4 is 32.3 Å². The van der Waals surface area contributed by atoms with Crippen LogP contribution in [0.4, 0.5) is 24.5 Å². The van der Waals surface area contributed by atoms with Crippen molar-refractivity contribution in [3.8, 4) is 5.75 Å². The van der Waals surface area contributed by atoms with Crippen LogP contribution < -0.4 is 34.7 Å². The van der Waals surface area contributed by atoms with E-state index < -0.39 is 38.2 Å². The van der Waals surface area contributed by atoms with Crippen molar-refractivity contribution in [2.45, 2.75) is 11.1 Å². The number of hydrogen-bond donors (Lipinski definition) is 1. The van der Waals surface area contributed by atoms with Gasteiger partial charge in [0, 0.05) is 5.39 Å². The number of nitrogens with zero attached hydrogens (tertiary/aromatic N) is 2. The monoisotopic (exact) mass is 418 g/mol. The van der Waals surface area contributed by atoms with E-state index in [2.05, 4.69) is 10.2 Å². The van der Waals surface area contributed by atoms with Crippen LogP contribution in [0.1, 0.15) is 5.56 Å². The van der Waals surface area contributed by atoms with Crippen LogP contribution in [-0.2, 0) is 16.3 Å². The second kappa shape index (κ2) is 8.18. The molecule has 1 N–H and O–H groups in total. The van der Waals surface area contributed by atoms with Crippen LogP contribution in [0, 0.1) is 0 Å². The van der Waals surface area contributed by atoms with Gasteiger partial charge < -0.3 is 5.11 Å². The number of fused-ring (bicyclic) bond motifs is 1. The van der Waals surface area contributed by atoms with Crippen molar-refractivity contribution in [1.29, 1.82) is 0 Å². The second-order valence-corrected chi connectivity index (χ2v) is 6.88. The zero-order valence-electron chi connectivity index (χ0n) is 14.3. The Morgan fingerprint density at radius 3 is 2.29 bits per heavy atom. The quantitative estimate of drug-likeness (QED) is 0.397. The molecule has 0 heterocycles. The second-order valence-electron chi connectivity index (χ2n) is 5.49. The summed E-state index contributed by atoms with van der Waals surface area (Å²) in [5.41, 5.74) is -1.53. The Hall–Kier alpha value is -1.98. The SMILES string of the molecule is O=S(=O)(O)c1cccc2ccc([O-])c(N=Nc3cccc(C(F)(F)F)c3)c12.[Na+]. The third kappa shape index (κ3) is 4.70. The van der Waals surface area contributed by atoms with Crippen LogP contribution in [0.25, 0.3) is 10.8 Å². The van der Waals surface area contributed by atoms with Crippen molar-refractivity contribution < 1.29 is 60.8 Å². The molecule has 0 saturated carbocycles. The number of benzene rings is 3. The Morgan fingerprint density at radius 2 is 1.64 bits per heavy atom. The summed E-state index contributed by atoms with van der Waals surface area (Å²) in [4.78, 5) is -0.546. The van der Waals surface area contributed by atoms with Crippen LogP contribution in [0.15, 0.2) is 69.7 Å². The zero-order chi connectivity index (χ0) is 19.8. The van der Waals surface area contributed by atoms with Gasteiger partial charge >= 0.3 is 35.7 Å². The van der Waals surface area contributed by atoms with Gasteiger partial charge in [-0.3, -0.25) is 4.55 Å². The molecule has 0 aliphatic rings. The minimum atomic E-state index is -4.67. The molecule has 0 unspecified atom stereocenters. The first-order valence-corrected chi connectivity index (χ1v) is 8.80. The standard InChI is InChI=1S/C17H11F3N2O4S.Na/c18-17(19,20)11-4-2-5-12(9-11)21-22-16-13(23)8-7-10-3-1-6-14(15(10)16)27(24,25)26;/h1-9,23H,(H,24,25,26);/q;+1/p-1. The number of halogens is 3. The van der Waals surface area contributed by atoms with Crippen molar-refractivity contribution in [2.75, 3.05) is 0 Å². The first-order valence-electron chi connectivity index (χ1n) is 7.36. The van der Waals surface area contributed by atoms with Gasteiger partial charge in [0.2, 0.25) is 0 Å². The summed E-state index contributed by atoms with van der Waals surface area (Å²) in [6, 6.07) is 10.4. The molecule has 3 aromatic rings. The largest absolute Gasteiger partial charge is 1.00 e. The van der Waals surface area contributed by atoms with E-state index in [0.717, 1.165) is 30.3 Å². The van der Waals surface area contributed by atoms with E-state index in [0.29, 0.717) is 5.39 Å². The van der Waals surface area contributed by atoms with Gasteiger partial charge in [-0.2, -0.15) is 31.8 Å². The molecule has 0 aliphatic heterocycles. The van der Waals surface area contributed by atoms with Gasteiger partial charge in [-0.1, -0.05) is 36.1 Å². The Labute approximate surface area is 179 Å². The molecule has 0 bridgehead atoms. The van der Waals surface area contributed by atoms with Crippen LogP contribution >= 0.6 is 0 Å². The fourth-order valence-electron chi connectivity index (χ4n) is 2.47. The van der Waals surface area contributed by atoms with Crippen molar-refractivity contribution in [2.24, 2.45) is 10.2 Å². The number of rotatable bonds is 3. The predicted octanol–water partition coefficient (Wildman–Crippen LogP) is 1.60. The molecule has 0 saturated heterocycles. The third-order valence-electron chi connectivity index (χ3n) is 3.66. The van der Waals surface area contributed by atoms with Gasteiger partial charge in [0.05, 0.1) is 16.9 Å². The number of alkyl halides is 3. The van der Waals surface area contributed by atoms with E-state index >= 15 is 0 Å². The van der Waals surface area contributed by atoms with Gasteiger partial charge in [0.1, 0.15) is 4.90 Å². The Balaban J connectivity index is 0.00000280. The fraction of sp³-hybridized carbons (Fsp3) is 0.0588. The van der Waals surface area contributed by atoms with E-state index in [1.165, 1.54) is 24.3 Å². The Morgan fingerprint density at radius 1 is 0.964 bits per heavy atom. The van der Waals surface area contributed by atoms with E-state index in [1.54, 1.807) is 0 Å². The molecule has 0 fully saturated rings. The normalized spacial score (nSPS) is 12.3. The van der Waals surface area contributed by atoms with Crippen LogP contribution in [0.2, 0.25) is 0 Å². The molecule has 11 heteroatoms. The maximum atomic E-state index is 12.8. The van der Waals surface area contributed by atoms with Crippen LogP contribution in [0.3, 0.4) is 0 Å². The van der Waals surface area contributed by atoms with Crippen molar-refractivity contribution in [3.05, 3.63) is 60.2 Å². The Kier molecular flexibility index (Phi) is 6.51. The Bertz CT molecular complexity index is 1160. The van der Waals surface area contributed by atoms with Crippen molar-refractivity contribution in [1.82, 2.24) is 0 Å². The third-order valence-corrected chi connectivity index (χ3v) is 4.56. The fourth-order valence-corrected chi connectivity index (χ4v) is 3.20. The van der Waals surface area contributed by atoms with E-state index in [1.807, 2.05) is 0 Å². The molecule has 0 radical (unpaired) electrons. The summed E-state index contributed by atoms with van der Waals surface area (Å²) < 4.78 is 70.9. The van der Waals surface area contributed by atoms with E-state index in [9.17, 15) is 31.2 Å². The number of hydrogen-bond acceptors (Lipinski definition) is 5. The predicted molar refractivity (Wildman–Crippen MR) is 88.8 cm³/mol. The molecule has 0 amide bonds. The summed E-state index contributed by atoms with van der Waals surface area (Å²) >= 11 is 0. The summed E-state index contributed by atoms with van der Waals surface area (Å²) in [6.45, 7) is 0. The van der Waals surface area contributed by atoms with Gasteiger partial charge in [-0.05, 0) is 29.7 Å². The van der Waals surface area contributed by atoms with Gasteiger partial charge in [0.15, 0.2) is 0 Å². The van der Waals surface area contributed by atoms with Crippen LogP contribution in [0.5, 0.6) is 5.75 Å². The first kappa shape index (κ1) is 22.3. The van der Waals surface area contributed by atoms with Crippen LogP contribution in [-0.4, -0.2) is 13.0 Å². The van der Waals surface area contributed by atoms with Gasteiger partial charge in [0.25, 0.3) is 10.1 Å². The van der Waals surface area contributed by atoms with Gasteiger partial charge in [-0.25, -0.2) is 0 Å². The molecule has 0 aliphatic carbocycles. The van der Waals surface area contributed by atoms with Gasteiger partial charge in [-0.15, -0.1) is 0 Å². The molecule has 0 atom stereocenters. The van der Waals surface area contributed by atoms with E-state index in [4.69, 9.17) is 0 Å². The summed E-state index contributed by atoms with van der Waals surface area (Å²) in [5, 5.41) is 19.6. The molecule has 3 aromatic carbocycles. The molecule has 6 nitrogen and oxygen atoms in total. The molecule has 0 aromatic heterocycles. The molecular formula is C17H10F3N2NaO4S. The average molecular weight is 418 g/mol. The molecule has 28 heavy (non-hydrogen) atoms. The minimum Gasteiger partial charge on any atom is -0.871 e. The van der Waals surface area contributed by atoms with Crippen molar-refractivity contribution in [3.63, 3.8) is 0 Å². The molecule has 140 valence electrons. The zero-order valence-corrected chi connectivity index (χ0v) is 17.1. The topological polar surface area (TPSA) is 102 Å². The van der Waals surface area contributed by atoms with E-state index in [-0.39, 0.29) is 40.6 Å². The number of azo groups is 1. The summed E-state index contributed by atoms with van der Waals surface area (Å²) in [5.74, 6) is -0.700. The summed E-state index contributed by atoms with van der Waals surface area (Å²) in [7, 11) is -4.67. The maximum Gasteiger partial charge on any atom is 1.00 e. The maximum absolute atomic E-state index is 12.8. The first-order chi connectivity index (χ1) is 12.6. The molecule has 0 spiro atoms. The summed E-state index contributed by atoms with van der Waals surface area (Å²) in [6.07, 6.45) is -4.58.